The summed E-state index contributed by atoms with van der Waals surface area (Å²) in [5.41, 5.74) is 13.7. The number of aliphatic hydroxyl groups is 1. The van der Waals surface area contributed by atoms with Gasteiger partial charge in [0.2, 0.25) is 0 Å². The van der Waals surface area contributed by atoms with Crippen LogP contribution in [-0.2, 0) is 4.74 Å². The number of aromatic nitrogens is 1. The molecule has 1 aromatic heterocycles. The lowest BCUT2D eigenvalue weighted by Gasteiger charge is -2.47. The van der Waals surface area contributed by atoms with Gasteiger partial charge >= 0.3 is 6.09 Å². The van der Waals surface area contributed by atoms with Gasteiger partial charge in [0.25, 0.3) is 0 Å². The van der Waals surface area contributed by atoms with E-state index in [0.717, 1.165) is 12.2 Å². The number of nitrogens with one attached hydrogen (secondary N) is 3. The third kappa shape index (κ3) is 5.01. The standard InChI is InChI=1S/C19H31N7O3/c1-12-8-25(16-5-6-21-7-14(16)20)10-15(22-18(28)29-19(2,3)4)17(12)26-9-13(11-27)23-24-26/h5-7,9,12,15,17,23-24,27H,8,10-11,20H2,1-4H3,(H,22,28)/t12-,15+,17-/m0/s1. The number of carbonyl (C=O) groups is 1. The van der Waals surface area contributed by atoms with Crippen molar-refractivity contribution in [2.24, 2.45) is 5.92 Å². The second-order valence-electron chi connectivity index (χ2n) is 8.52. The Morgan fingerprint density at radius 3 is 2.83 bits per heavy atom. The van der Waals surface area contributed by atoms with Crippen molar-refractivity contribution in [1.82, 2.24) is 26.3 Å². The third-order valence-electron chi connectivity index (χ3n) is 4.92. The molecule has 0 saturated carbocycles. The Hall–Kier alpha value is -2.72. The molecule has 160 valence electrons. The molecule has 3 rings (SSSR count). The first kappa shape index (κ1) is 21.0. The molecule has 0 radical (unpaired) electrons. The first-order valence-electron chi connectivity index (χ1n) is 9.73. The molecule has 6 N–H and O–H groups in total. The molecule has 1 fully saturated rings. The van der Waals surface area contributed by atoms with Gasteiger partial charge < -0.3 is 31.2 Å². The summed E-state index contributed by atoms with van der Waals surface area (Å²) in [5, 5.41) is 14.3. The minimum absolute atomic E-state index is 0.0709. The number of alkyl carbamates (subject to hydrolysis) is 1. The number of nitrogens with zero attached hydrogens (tertiary/aromatic N) is 3. The third-order valence-corrected chi connectivity index (χ3v) is 4.92. The molecule has 1 amide bonds. The van der Waals surface area contributed by atoms with E-state index in [0.29, 0.717) is 17.9 Å². The molecule has 2 aliphatic heterocycles. The Bertz CT molecular complexity index is 764. The maximum atomic E-state index is 12.5. The molecule has 10 nitrogen and oxygen atoms in total. The van der Waals surface area contributed by atoms with Crippen LogP contribution in [0.15, 0.2) is 30.4 Å². The van der Waals surface area contributed by atoms with Gasteiger partial charge in [-0.2, -0.15) is 0 Å². The summed E-state index contributed by atoms with van der Waals surface area (Å²) in [7, 11) is 0. The van der Waals surface area contributed by atoms with Gasteiger partial charge in [0.1, 0.15) is 5.60 Å². The average molecular weight is 406 g/mol. The predicted molar refractivity (Wildman–Crippen MR) is 110 cm³/mol. The quantitative estimate of drug-likeness (QED) is 0.487. The topological polar surface area (TPSA) is 128 Å². The van der Waals surface area contributed by atoms with Crippen LogP contribution in [0.3, 0.4) is 0 Å². The lowest BCUT2D eigenvalue weighted by atomic mass is 9.88. The largest absolute Gasteiger partial charge is 0.444 e. The Morgan fingerprint density at radius 2 is 2.21 bits per heavy atom. The van der Waals surface area contributed by atoms with E-state index in [1.165, 1.54) is 0 Å². The number of amides is 1. The minimum Gasteiger partial charge on any atom is -0.444 e. The van der Waals surface area contributed by atoms with Crippen molar-refractivity contribution in [3.63, 3.8) is 0 Å². The minimum atomic E-state index is -0.591. The van der Waals surface area contributed by atoms with E-state index >= 15 is 0 Å². The number of ether oxygens (including phenoxy) is 1. The highest BCUT2D eigenvalue weighted by atomic mass is 16.6. The summed E-state index contributed by atoms with van der Waals surface area (Å²) in [6, 6.07) is 1.55. The molecular formula is C19H31N7O3. The van der Waals surface area contributed by atoms with E-state index in [-0.39, 0.29) is 24.6 Å². The number of hydrogen-bond acceptors (Lipinski definition) is 9. The highest BCUT2D eigenvalue weighted by Crippen LogP contribution is 2.30. The van der Waals surface area contributed by atoms with Crippen LogP contribution in [0.5, 0.6) is 0 Å². The molecule has 0 aliphatic carbocycles. The number of nitrogens with two attached hydrogens (primary N) is 1. The zero-order chi connectivity index (χ0) is 21.2. The van der Waals surface area contributed by atoms with E-state index in [9.17, 15) is 9.90 Å². The van der Waals surface area contributed by atoms with Gasteiger partial charge in [-0.05, 0) is 32.8 Å². The molecule has 0 bridgehead atoms. The maximum Gasteiger partial charge on any atom is 0.408 e. The van der Waals surface area contributed by atoms with Crippen LogP contribution >= 0.6 is 0 Å². The van der Waals surface area contributed by atoms with Crippen molar-refractivity contribution in [2.45, 2.75) is 45.4 Å². The lowest BCUT2D eigenvalue weighted by molar-refractivity contribution is 0.0404. The number of aliphatic hydroxyl groups excluding tert-OH is 1. The van der Waals surface area contributed by atoms with Crippen LogP contribution in [0.25, 0.3) is 0 Å². The molecule has 2 aliphatic rings. The van der Waals surface area contributed by atoms with Crippen LogP contribution in [0.4, 0.5) is 16.2 Å². The molecule has 0 spiro atoms. The van der Waals surface area contributed by atoms with Crippen LogP contribution < -0.4 is 26.9 Å². The van der Waals surface area contributed by atoms with Gasteiger partial charge in [0.05, 0.1) is 42.0 Å². The van der Waals surface area contributed by atoms with Crippen molar-refractivity contribution >= 4 is 17.5 Å². The average Bonchev–Trinajstić information content (AvgIpc) is 3.08. The fourth-order valence-electron chi connectivity index (χ4n) is 3.82. The summed E-state index contributed by atoms with van der Waals surface area (Å²) in [6.07, 6.45) is 4.69. The van der Waals surface area contributed by atoms with Crippen LogP contribution in [0.1, 0.15) is 27.7 Å². The Kier molecular flexibility index (Phi) is 6.04. The fourth-order valence-corrected chi connectivity index (χ4v) is 3.82. The number of rotatable bonds is 4. The second kappa shape index (κ2) is 8.34. The Morgan fingerprint density at radius 1 is 1.45 bits per heavy atom. The zero-order valence-corrected chi connectivity index (χ0v) is 17.3. The van der Waals surface area contributed by atoms with Crippen molar-refractivity contribution in [3.05, 3.63) is 30.4 Å². The highest BCUT2D eigenvalue weighted by Gasteiger charge is 2.41. The van der Waals surface area contributed by atoms with E-state index in [4.69, 9.17) is 10.5 Å². The van der Waals surface area contributed by atoms with Gasteiger partial charge in [0, 0.05) is 25.5 Å². The number of carbonyl (C=O) groups excluding carboxylic acids is 1. The van der Waals surface area contributed by atoms with Gasteiger partial charge in [-0.1, -0.05) is 6.92 Å². The molecule has 3 atom stereocenters. The number of hydrazine groups is 2. The van der Waals surface area contributed by atoms with Gasteiger partial charge in [-0.3, -0.25) is 9.99 Å². The number of anilines is 2. The monoisotopic (exact) mass is 405 g/mol. The van der Waals surface area contributed by atoms with Crippen LogP contribution in [-0.4, -0.2) is 58.6 Å². The zero-order valence-electron chi connectivity index (χ0n) is 17.3. The number of pyridine rings is 1. The fraction of sp³-hybridized carbons (Fsp3) is 0.579. The molecule has 1 aromatic rings. The molecule has 29 heavy (non-hydrogen) atoms. The molecule has 3 heterocycles. The van der Waals surface area contributed by atoms with Crippen LogP contribution in [0.2, 0.25) is 0 Å². The maximum absolute atomic E-state index is 12.5. The van der Waals surface area contributed by atoms with E-state index in [1.54, 1.807) is 12.4 Å². The Labute approximate surface area is 171 Å². The van der Waals surface area contributed by atoms with Crippen molar-refractivity contribution in [2.75, 3.05) is 30.3 Å². The summed E-state index contributed by atoms with van der Waals surface area (Å²) < 4.78 is 5.48. The molecular weight excluding hydrogens is 374 g/mol. The first-order chi connectivity index (χ1) is 13.7. The van der Waals surface area contributed by atoms with Crippen LogP contribution in [0, 0.1) is 5.92 Å². The molecule has 0 unspecified atom stereocenters. The Balaban J connectivity index is 1.84. The predicted octanol–water partition coefficient (Wildman–Crippen LogP) is 0.540. The molecule has 10 heteroatoms. The number of hydrogen-bond donors (Lipinski definition) is 5. The van der Waals surface area contributed by atoms with Gasteiger partial charge in [-0.25, -0.2) is 4.79 Å². The summed E-state index contributed by atoms with van der Waals surface area (Å²) in [5.74, 6) is 0.153. The van der Waals surface area contributed by atoms with E-state index < -0.39 is 11.7 Å². The van der Waals surface area contributed by atoms with E-state index in [2.05, 4.69) is 33.1 Å². The van der Waals surface area contributed by atoms with Crippen molar-refractivity contribution < 1.29 is 14.6 Å². The first-order valence-corrected chi connectivity index (χ1v) is 9.73. The SMILES string of the molecule is C[C@H]1CN(c2ccncc2N)C[C@@H](NC(=O)OC(C)(C)C)[C@H]1N1C=C(CO)NN1. The summed E-state index contributed by atoms with van der Waals surface area (Å²) >= 11 is 0. The smallest absolute Gasteiger partial charge is 0.408 e. The number of piperidine rings is 1. The lowest BCUT2D eigenvalue weighted by Crippen LogP contribution is -2.65. The van der Waals surface area contributed by atoms with Crippen molar-refractivity contribution in [1.29, 1.82) is 0 Å². The van der Waals surface area contributed by atoms with E-state index in [1.807, 2.05) is 38.0 Å². The summed E-state index contributed by atoms with van der Waals surface area (Å²) in [4.78, 5) is 18.7. The molecule has 1 saturated heterocycles. The highest BCUT2D eigenvalue weighted by molar-refractivity contribution is 5.69. The molecule has 0 aromatic carbocycles. The normalized spacial score (nSPS) is 24.7. The van der Waals surface area contributed by atoms with Gasteiger partial charge in [-0.15, -0.1) is 5.53 Å². The van der Waals surface area contributed by atoms with Gasteiger partial charge in [0.15, 0.2) is 0 Å². The van der Waals surface area contributed by atoms with Crippen molar-refractivity contribution in [3.8, 4) is 0 Å². The summed E-state index contributed by atoms with van der Waals surface area (Å²) in [6.45, 7) is 8.80. The number of nitrogen functional groups attached to an aromatic ring is 1. The second-order valence-corrected chi connectivity index (χ2v) is 8.52.